The van der Waals surface area contributed by atoms with Gasteiger partial charge in [-0.05, 0) is 33.9 Å². The predicted octanol–water partition coefficient (Wildman–Crippen LogP) is 0.973. The van der Waals surface area contributed by atoms with Crippen molar-refractivity contribution in [3.63, 3.8) is 0 Å². The molecule has 1 saturated heterocycles. The molecule has 0 aromatic rings. The molecule has 7 nitrogen and oxygen atoms in total. The van der Waals surface area contributed by atoms with Gasteiger partial charge >= 0.3 is 0 Å². The van der Waals surface area contributed by atoms with E-state index in [4.69, 9.17) is 4.74 Å². The number of hydrogen-bond acceptors (Lipinski definition) is 5. The first kappa shape index (κ1) is 25.8. The van der Waals surface area contributed by atoms with Crippen LogP contribution in [0, 0.1) is 0 Å². The minimum Gasteiger partial charge on any atom is -0.387 e. The van der Waals surface area contributed by atoms with Crippen molar-refractivity contribution in [3.8, 4) is 0 Å². The third-order valence-electron chi connectivity index (χ3n) is 4.59. The molecule has 0 saturated carbocycles. The molecule has 3 N–H and O–H groups in total. The minimum atomic E-state index is -0.843. The van der Waals surface area contributed by atoms with E-state index in [2.05, 4.69) is 53.1 Å². The number of likely N-dealkylation sites (N-methyl/N-ethyl adjacent to an activating group) is 1. The Hall–Kier alpha value is -0.160. The summed E-state index contributed by atoms with van der Waals surface area (Å²) < 4.78 is 5.36. The molecule has 1 fully saturated rings. The van der Waals surface area contributed by atoms with Crippen LogP contribution in [0.5, 0.6) is 0 Å². The van der Waals surface area contributed by atoms with Gasteiger partial charge in [-0.25, -0.2) is 0 Å². The lowest BCUT2D eigenvalue weighted by molar-refractivity contribution is -0.0180. The quantitative estimate of drug-likeness (QED) is 0.244. The lowest BCUT2D eigenvalue weighted by atomic mass is 10.1. The second-order valence-corrected chi connectivity index (χ2v) is 7.03. The van der Waals surface area contributed by atoms with E-state index >= 15 is 0 Å². The molecule has 1 heterocycles. The number of β-amino-alcohol motifs (C(OH)–C–C–N with tert-alkyl or cyclic N) is 1. The van der Waals surface area contributed by atoms with Crippen molar-refractivity contribution in [3.05, 3.63) is 0 Å². The summed E-state index contributed by atoms with van der Waals surface area (Å²) in [6.45, 7) is 18.4. The zero-order valence-electron chi connectivity index (χ0n) is 17.3. The molecule has 1 aliphatic rings. The fourth-order valence-corrected chi connectivity index (χ4v) is 3.10. The van der Waals surface area contributed by atoms with E-state index in [9.17, 15) is 5.11 Å². The number of halogens is 1. The number of nitrogens with one attached hydrogen (secondary N) is 2. The van der Waals surface area contributed by atoms with Crippen molar-refractivity contribution >= 4 is 29.9 Å². The molecule has 0 aromatic carbocycles. The van der Waals surface area contributed by atoms with Crippen LogP contribution < -0.4 is 10.6 Å². The maximum atomic E-state index is 10.7. The average Bonchev–Trinajstić information content (AvgIpc) is 2.59. The average molecular weight is 485 g/mol. The highest BCUT2D eigenvalue weighted by Gasteiger charge is 2.25. The molecule has 0 spiro atoms. The molecule has 2 atom stereocenters. The summed E-state index contributed by atoms with van der Waals surface area (Å²) in [4.78, 5) is 9.25. The van der Waals surface area contributed by atoms with Crippen molar-refractivity contribution < 1.29 is 9.84 Å². The summed E-state index contributed by atoms with van der Waals surface area (Å²) in [5.41, 5.74) is -0.843. The Bertz CT molecular complexity index is 386. The Labute approximate surface area is 177 Å². The van der Waals surface area contributed by atoms with Crippen LogP contribution in [0.25, 0.3) is 0 Å². The van der Waals surface area contributed by atoms with Gasteiger partial charge in [-0.15, -0.1) is 24.0 Å². The van der Waals surface area contributed by atoms with Crippen molar-refractivity contribution in [1.29, 1.82) is 0 Å². The van der Waals surface area contributed by atoms with Gasteiger partial charge in [0.25, 0.3) is 0 Å². The Morgan fingerprint density at radius 1 is 1.23 bits per heavy atom. The first-order valence-electron chi connectivity index (χ1n) is 9.70. The van der Waals surface area contributed by atoms with Crippen LogP contribution in [0.15, 0.2) is 4.99 Å². The molecular formula is C18H40IN5O2. The van der Waals surface area contributed by atoms with Crippen molar-refractivity contribution in [1.82, 2.24) is 20.4 Å². The molecular weight excluding hydrogens is 445 g/mol. The predicted molar refractivity (Wildman–Crippen MR) is 120 cm³/mol. The molecule has 0 aromatic heterocycles. The molecule has 0 radical (unpaired) electrons. The van der Waals surface area contributed by atoms with E-state index in [0.29, 0.717) is 19.1 Å². The number of hydrogen-bond donors (Lipinski definition) is 3. The van der Waals surface area contributed by atoms with E-state index in [1.807, 2.05) is 6.92 Å². The number of guanidine groups is 1. The highest BCUT2D eigenvalue weighted by Crippen LogP contribution is 2.09. The van der Waals surface area contributed by atoms with Crippen molar-refractivity contribution in [2.45, 2.75) is 46.3 Å². The molecule has 156 valence electrons. The van der Waals surface area contributed by atoms with Gasteiger partial charge in [0.05, 0.1) is 25.4 Å². The second-order valence-electron chi connectivity index (χ2n) is 7.03. The third-order valence-corrected chi connectivity index (χ3v) is 4.59. The Morgan fingerprint density at radius 3 is 2.38 bits per heavy atom. The number of nitrogens with zero attached hydrogens (tertiary/aromatic N) is 3. The number of ether oxygens (including phenoxy) is 1. The molecule has 0 amide bonds. The van der Waals surface area contributed by atoms with Crippen LogP contribution in [0.3, 0.4) is 0 Å². The maximum Gasteiger partial charge on any atom is 0.191 e. The van der Waals surface area contributed by atoms with Gasteiger partial charge in [0.15, 0.2) is 5.96 Å². The fourth-order valence-electron chi connectivity index (χ4n) is 3.10. The van der Waals surface area contributed by atoms with E-state index in [0.717, 1.165) is 58.4 Å². The molecule has 1 rings (SSSR count). The second kappa shape index (κ2) is 13.9. The van der Waals surface area contributed by atoms with E-state index in [1.165, 1.54) is 0 Å². The summed E-state index contributed by atoms with van der Waals surface area (Å²) >= 11 is 0. The number of morpholine rings is 1. The number of aliphatic hydroxyl groups is 1. The van der Waals surface area contributed by atoms with Crippen LogP contribution in [0.1, 0.15) is 34.6 Å². The Morgan fingerprint density at radius 2 is 1.85 bits per heavy atom. The van der Waals surface area contributed by atoms with Crippen LogP contribution >= 0.6 is 24.0 Å². The smallest absolute Gasteiger partial charge is 0.191 e. The summed E-state index contributed by atoms with van der Waals surface area (Å²) in [6, 6.07) is 0.438. The summed E-state index contributed by atoms with van der Waals surface area (Å²) in [5.74, 6) is 0.767. The van der Waals surface area contributed by atoms with Gasteiger partial charge < -0.3 is 20.5 Å². The number of aliphatic imine (C=N–C) groups is 1. The SMILES string of the molecule is CCNC(=NCC(C)(O)CN1CCOCC1)NCC(C)N(CC)CC.I. The zero-order valence-corrected chi connectivity index (χ0v) is 19.6. The standard InChI is InChI=1S/C18H39N5O2.HI/c1-6-19-17(20-13-16(4)23(7-2)8-3)21-14-18(5,24)15-22-9-11-25-12-10-22;/h16,24H,6-15H2,1-5H3,(H2,19,20,21);1H. The lowest BCUT2D eigenvalue weighted by Crippen LogP contribution is -2.49. The summed E-state index contributed by atoms with van der Waals surface area (Å²) in [6.07, 6.45) is 0. The molecule has 8 heteroatoms. The topological polar surface area (TPSA) is 72.4 Å². The van der Waals surface area contributed by atoms with Gasteiger partial charge in [-0.1, -0.05) is 13.8 Å². The molecule has 1 aliphatic heterocycles. The normalized spacial score (nSPS) is 19.6. The first-order chi connectivity index (χ1) is 11.9. The highest BCUT2D eigenvalue weighted by atomic mass is 127. The summed E-state index contributed by atoms with van der Waals surface area (Å²) in [5, 5.41) is 17.3. The van der Waals surface area contributed by atoms with Gasteiger partial charge in [-0.3, -0.25) is 14.8 Å². The first-order valence-corrected chi connectivity index (χ1v) is 9.70. The van der Waals surface area contributed by atoms with Crippen LogP contribution in [0.2, 0.25) is 0 Å². The van der Waals surface area contributed by atoms with E-state index in [-0.39, 0.29) is 24.0 Å². The van der Waals surface area contributed by atoms with Gasteiger partial charge in [-0.2, -0.15) is 0 Å². The third kappa shape index (κ3) is 10.2. The van der Waals surface area contributed by atoms with Crippen LogP contribution in [-0.4, -0.2) is 98.1 Å². The maximum absolute atomic E-state index is 10.7. The Kier molecular flexibility index (Phi) is 13.8. The lowest BCUT2D eigenvalue weighted by Gasteiger charge is -2.33. The van der Waals surface area contributed by atoms with E-state index in [1.54, 1.807) is 0 Å². The largest absolute Gasteiger partial charge is 0.387 e. The van der Waals surface area contributed by atoms with Crippen molar-refractivity contribution in [2.24, 2.45) is 4.99 Å². The molecule has 0 aliphatic carbocycles. The van der Waals surface area contributed by atoms with E-state index < -0.39 is 5.60 Å². The van der Waals surface area contributed by atoms with Crippen LogP contribution in [-0.2, 0) is 4.74 Å². The number of rotatable bonds is 10. The highest BCUT2D eigenvalue weighted by molar-refractivity contribution is 14.0. The zero-order chi connectivity index (χ0) is 18.7. The Balaban J connectivity index is 0.00000625. The summed E-state index contributed by atoms with van der Waals surface area (Å²) in [7, 11) is 0. The molecule has 2 unspecified atom stereocenters. The molecule has 0 bridgehead atoms. The minimum absolute atomic E-state index is 0. The van der Waals surface area contributed by atoms with Crippen molar-refractivity contribution in [2.75, 3.05) is 65.6 Å². The van der Waals surface area contributed by atoms with Gasteiger partial charge in [0, 0.05) is 38.8 Å². The molecule has 26 heavy (non-hydrogen) atoms. The van der Waals surface area contributed by atoms with Crippen LogP contribution in [0.4, 0.5) is 0 Å². The fraction of sp³-hybridized carbons (Fsp3) is 0.944. The van der Waals surface area contributed by atoms with Gasteiger partial charge in [0.1, 0.15) is 0 Å². The monoisotopic (exact) mass is 485 g/mol. The van der Waals surface area contributed by atoms with Gasteiger partial charge in [0.2, 0.25) is 0 Å².